The Morgan fingerprint density at radius 3 is 2.40 bits per heavy atom. The van der Waals surface area contributed by atoms with Crippen molar-refractivity contribution in [1.29, 1.82) is 0 Å². The van der Waals surface area contributed by atoms with Gasteiger partial charge in [0.25, 0.3) is 5.22 Å². The van der Waals surface area contributed by atoms with E-state index in [4.69, 9.17) is 13.9 Å². The van der Waals surface area contributed by atoms with Crippen LogP contribution in [0.15, 0.2) is 27.8 Å². The highest BCUT2D eigenvalue weighted by molar-refractivity contribution is 8.00. The molecule has 0 aliphatic carbocycles. The summed E-state index contributed by atoms with van der Waals surface area (Å²) in [6.07, 6.45) is 2.15. The van der Waals surface area contributed by atoms with Crippen LogP contribution in [0.3, 0.4) is 0 Å². The minimum atomic E-state index is -0.258. The molecule has 1 aliphatic rings. The topological polar surface area (TPSA) is 77.7 Å². The largest absolute Gasteiger partial charge is 0.497 e. The standard InChI is InChI=1S/C17H21N3O4S/c1-11(16(21)20-6-4-5-7-20)25-17-19-18-15(24-17)12-8-13(22-2)10-14(9-12)23-3/h8-11H,4-7H2,1-3H3. The van der Waals surface area contributed by atoms with Crippen molar-refractivity contribution in [2.75, 3.05) is 27.3 Å². The summed E-state index contributed by atoms with van der Waals surface area (Å²) in [4.78, 5) is 14.3. The molecule has 1 unspecified atom stereocenters. The first-order chi connectivity index (χ1) is 12.1. The average molecular weight is 363 g/mol. The van der Waals surface area contributed by atoms with Crippen molar-refractivity contribution < 1.29 is 18.7 Å². The first kappa shape index (κ1) is 17.6. The van der Waals surface area contributed by atoms with Gasteiger partial charge in [-0.3, -0.25) is 4.79 Å². The van der Waals surface area contributed by atoms with Crippen LogP contribution in [0.1, 0.15) is 19.8 Å². The summed E-state index contributed by atoms with van der Waals surface area (Å²) < 4.78 is 16.2. The highest BCUT2D eigenvalue weighted by Gasteiger charge is 2.25. The van der Waals surface area contributed by atoms with Crippen molar-refractivity contribution in [1.82, 2.24) is 15.1 Å². The number of rotatable bonds is 6. The molecule has 0 N–H and O–H groups in total. The molecule has 8 heteroatoms. The van der Waals surface area contributed by atoms with Gasteiger partial charge in [0.1, 0.15) is 11.5 Å². The monoisotopic (exact) mass is 363 g/mol. The Hall–Kier alpha value is -2.22. The molecule has 134 valence electrons. The van der Waals surface area contributed by atoms with Crippen molar-refractivity contribution in [2.45, 2.75) is 30.2 Å². The fourth-order valence-corrected chi connectivity index (χ4v) is 3.47. The smallest absolute Gasteiger partial charge is 0.277 e. The molecule has 1 atom stereocenters. The fourth-order valence-electron chi connectivity index (χ4n) is 2.70. The van der Waals surface area contributed by atoms with E-state index in [1.807, 2.05) is 11.8 Å². The molecular formula is C17H21N3O4S. The molecule has 7 nitrogen and oxygen atoms in total. The lowest BCUT2D eigenvalue weighted by molar-refractivity contribution is -0.129. The number of methoxy groups -OCH3 is 2. The molecule has 0 radical (unpaired) electrons. The van der Waals surface area contributed by atoms with Gasteiger partial charge in [0.2, 0.25) is 11.8 Å². The molecule has 0 bridgehead atoms. The van der Waals surface area contributed by atoms with Crippen LogP contribution in [-0.2, 0) is 4.79 Å². The Morgan fingerprint density at radius 1 is 1.16 bits per heavy atom. The molecule has 2 aromatic rings. The zero-order chi connectivity index (χ0) is 17.8. The third kappa shape index (κ3) is 4.07. The number of hydrogen-bond donors (Lipinski definition) is 0. The Kier molecular flexibility index (Phi) is 5.47. The molecule has 1 saturated heterocycles. The normalized spacial score (nSPS) is 15.2. The zero-order valence-corrected chi connectivity index (χ0v) is 15.3. The van der Waals surface area contributed by atoms with Crippen LogP contribution in [0.25, 0.3) is 11.5 Å². The van der Waals surface area contributed by atoms with Crippen LogP contribution in [0, 0.1) is 0 Å². The maximum atomic E-state index is 12.4. The molecule has 1 aromatic heterocycles. The van der Waals surface area contributed by atoms with Gasteiger partial charge in [-0.2, -0.15) is 0 Å². The maximum absolute atomic E-state index is 12.4. The van der Waals surface area contributed by atoms with Crippen molar-refractivity contribution in [3.8, 4) is 23.0 Å². The SMILES string of the molecule is COc1cc(OC)cc(-c2nnc(SC(C)C(=O)N3CCCC3)o2)c1. The average Bonchev–Trinajstić information content (AvgIpc) is 3.32. The van der Waals surface area contributed by atoms with Crippen molar-refractivity contribution in [3.63, 3.8) is 0 Å². The van der Waals surface area contributed by atoms with Crippen molar-refractivity contribution in [2.24, 2.45) is 0 Å². The van der Waals surface area contributed by atoms with E-state index in [2.05, 4.69) is 10.2 Å². The number of carbonyl (C=O) groups is 1. The van der Waals surface area contributed by atoms with E-state index < -0.39 is 0 Å². The number of aromatic nitrogens is 2. The van der Waals surface area contributed by atoms with Gasteiger partial charge in [-0.05, 0) is 31.9 Å². The summed E-state index contributed by atoms with van der Waals surface area (Å²) in [5.74, 6) is 1.75. The fraction of sp³-hybridized carbons (Fsp3) is 0.471. The summed E-state index contributed by atoms with van der Waals surface area (Å²) in [5, 5.41) is 8.23. The lowest BCUT2D eigenvalue weighted by atomic mass is 10.2. The molecule has 25 heavy (non-hydrogen) atoms. The molecule has 2 heterocycles. The minimum absolute atomic E-state index is 0.116. The zero-order valence-electron chi connectivity index (χ0n) is 14.5. The second-order valence-electron chi connectivity index (χ2n) is 5.77. The summed E-state index contributed by atoms with van der Waals surface area (Å²) in [6.45, 7) is 3.54. The molecule has 0 saturated carbocycles. The minimum Gasteiger partial charge on any atom is -0.497 e. The Bertz CT molecular complexity index is 721. The Balaban J connectivity index is 1.73. The highest BCUT2D eigenvalue weighted by atomic mass is 32.2. The summed E-state index contributed by atoms with van der Waals surface area (Å²) in [6, 6.07) is 5.36. The summed E-state index contributed by atoms with van der Waals surface area (Å²) in [5.41, 5.74) is 0.703. The van der Waals surface area contributed by atoms with Crippen molar-refractivity contribution >= 4 is 17.7 Å². The number of likely N-dealkylation sites (tertiary alicyclic amines) is 1. The Labute approximate surface area is 150 Å². The number of amides is 1. The number of hydrogen-bond acceptors (Lipinski definition) is 7. The molecular weight excluding hydrogens is 342 g/mol. The number of ether oxygens (including phenoxy) is 2. The number of thioether (sulfide) groups is 1. The van der Waals surface area contributed by atoms with E-state index in [9.17, 15) is 4.79 Å². The number of nitrogens with zero attached hydrogens (tertiary/aromatic N) is 3. The van der Waals surface area contributed by atoms with Gasteiger partial charge in [-0.1, -0.05) is 11.8 Å². The maximum Gasteiger partial charge on any atom is 0.277 e. The lowest BCUT2D eigenvalue weighted by Crippen LogP contribution is -2.34. The van der Waals surface area contributed by atoms with E-state index >= 15 is 0 Å². The lowest BCUT2D eigenvalue weighted by Gasteiger charge is -2.18. The second kappa shape index (κ2) is 7.77. The van der Waals surface area contributed by atoms with Crippen molar-refractivity contribution in [3.05, 3.63) is 18.2 Å². The van der Waals surface area contributed by atoms with Crippen LogP contribution in [-0.4, -0.2) is 53.6 Å². The van der Waals surface area contributed by atoms with E-state index in [0.717, 1.165) is 25.9 Å². The first-order valence-corrected chi connectivity index (χ1v) is 9.01. The van der Waals surface area contributed by atoms with E-state index in [1.165, 1.54) is 11.8 Å². The molecule has 3 rings (SSSR count). The number of benzene rings is 1. The Morgan fingerprint density at radius 2 is 1.80 bits per heavy atom. The summed E-state index contributed by atoms with van der Waals surface area (Å²) in [7, 11) is 3.17. The van der Waals surface area contributed by atoms with Crippen LogP contribution in [0.4, 0.5) is 0 Å². The molecule has 1 aliphatic heterocycles. The van der Waals surface area contributed by atoms with Gasteiger partial charge in [-0.15, -0.1) is 10.2 Å². The highest BCUT2D eigenvalue weighted by Crippen LogP contribution is 2.31. The van der Waals surface area contributed by atoms with Gasteiger partial charge < -0.3 is 18.8 Å². The summed E-state index contributed by atoms with van der Waals surface area (Å²) >= 11 is 1.28. The van der Waals surface area contributed by atoms with Gasteiger partial charge in [0, 0.05) is 24.7 Å². The molecule has 1 fully saturated rings. The van der Waals surface area contributed by atoms with Crippen LogP contribution in [0.5, 0.6) is 11.5 Å². The van der Waals surface area contributed by atoms with Gasteiger partial charge >= 0.3 is 0 Å². The third-order valence-electron chi connectivity index (χ3n) is 4.05. The molecule has 0 spiro atoms. The second-order valence-corrected chi connectivity index (χ2v) is 7.06. The van der Waals surface area contributed by atoms with E-state index in [1.54, 1.807) is 32.4 Å². The molecule has 1 amide bonds. The van der Waals surface area contributed by atoms with E-state index in [0.29, 0.717) is 28.2 Å². The molecule has 1 aromatic carbocycles. The van der Waals surface area contributed by atoms with Gasteiger partial charge in [0.15, 0.2) is 0 Å². The quantitative estimate of drug-likeness (QED) is 0.730. The van der Waals surface area contributed by atoms with Crippen LogP contribution in [0.2, 0.25) is 0 Å². The van der Waals surface area contributed by atoms with Gasteiger partial charge in [0.05, 0.1) is 19.5 Å². The predicted octanol–water partition coefficient (Wildman–Crippen LogP) is 2.86. The number of carbonyl (C=O) groups excluding carboxylic acids is 1. The first-order valence-electron chi connectivity index (χ1n) is 8.13. The van der Waals surface area contributed by atoms with Crippen LogP contribution >= 0.6 is 11.8 Å². The van der Waals surface area contributed by atoms with Crippen LogP contribution < -0.4 is 9.47 Å². The third-order valence-corrected chi connectivity index (χ3v) is 4.97. The van der Waals surface area contributed by atoms with Gasteiger partial charge in [-0.25, -0.2) is 0 Å². The van der Waals surface area contributed by atoms with E-state index in [-0.39, 0.29) is 11.2 Å². The predicted molar refractivity (Wildman–Crippen MR) is 94.0 cm³/mol.